The lowest BCUT2D eigenvalue weighted by Crippen LogP contribution is -2.38. The fourth-order valence-electron chi connectivity index (χ4n) is 3.89. The van der Waals surface area contributed by atoms with E-state index in [2.05, 4.69) is 35.9 Å². The van der Waals surface area contributed by atoms with Crippen molar-refractivity contribution in [2.75, 3.05) is 6.61 Å². The average molecular weight is 482 g/mol. The van der Waals surface area contributed by atoms with Gasteiger partial charge in [0.05, 0.1) is 12.8 Å². The Bertz CT molecular complexity index is 1280. The fraction of sp³-hybridized carbons (Fsp3) is 0.190. The number of aromatic nitrogens is 3. The van der Waals surface area contributed by atoms with Crippen molar-refractivity contribution in [1.82, 2.24) is 15.0 Å². The Morgan fingerprint density at radius 1 is 1.23 bits per heavy atom. The summed E-state index contributed by atoms with van der Waals surface area (Å²) < 4.78 is 12.2. The molecule has 0 saturated carbocycles. The summed E-state index contributed by atoms with van der Waals surface area (Å²) in [5.74, 6) is 0.830. The topological polar surface area (TPSA) is 133 Å². The van der Waals surface area contributed by atoms with Crippen LogP contribution in [-0.4, -0.2) is 33.4 Å². The summed E-state index contributed by atoms with van der Waals surface area (Å²) in [6.07, 6.45) is 4.70. The first-order valence-corrected chi connectivity index (χ1v) is 10.3. The van der Waals surface area contributed by atoms with Crippen LogP contribution in [0.3, 0.4) is 0 Å². The lowest BCUT2D eigenvalue weighted by Gasteiger charge is -2.38. The molecule has 0 fully saturated rings. The lowest BCUT2D eigenvalue weighted by molar-refractivity contribution is 0.0987. The molecule has 0 unspecified atom stereocenters. The number of Topliss-reactive ketones (excluding diaryl/α,β-unsaturated/α-hetero) is 1. The van der Waals surface area contributed by atoms with Crippen molar-refractivity contribution in [3.63, 3.8) is 0 Å². The Balaban J connectivity index is 1.59. The molecule has 0 radical (unpaired) electrons. The van der Waals surface area contributed by atoms with Crippen molar-refractivity contribution >= 4 is 27.7 Å². The first-order chi connectivity index (χ1) is 14.9. The zero-order chi connectivity index (χ0) is 21.6. The SMILES string of the molecule is NC1=N[C@@]2(CCO1)c1cc(CC(=O)c3c[nH]c(=O)cn3)ccc1Oc1ncc(Br)cc12. The largest absolute Gasteiger partial charge is 0.465 e. The number of hydrogen-bond donors (Lipinski definition) is 2. The van der Waals surface area contributed by atoms with E-state index in [9.17, 15) is 9.59 Å². The van der Waals surface area contributed by atoms with Crippen LogP contribution in [0.25, 0.3) is 0 Å². The molecule has 3 aromatic rings. The highest BCUT2D eigenvalue weighted by atomic mass is 79.9. The highest BCUT2D eigenvalue weighted by Gasteiger charge is 2.45. The van der Waals surface area contributed by atoms with Crippen LogP contribution in [0.1, 0.15) is 33.6 Å². The van der Waals surface area contributed by atoms with Crippen LogP contribution in [-0.2, 0) is 16.7 Å². The highest BCUT2D eigenvalue weighted by molar-refractivity contribution is 9.10. The van der Waals surface area contributed by atoms with E-state index in [0.717, 1.165) is 27.4 Å². The number of nitrogens with one attached hydrogen (secondary N) is 1. The van der Waals surface area contributed by atoms with E-state index in [1.54, 1.807) is 12.3 Å². The quantitative estimate of drug-likeness (QED) is 0.548. The molecule has 0 saturated heterocycles. The van der Waals surface area contributed by atoms with Crippen molar-refractivity contribution in [3.05, 3.63) is 80.1 Å². The normalized spacial score (nSPS) is 18.9. The molecule has 0 bridgehead atoms. The summed E-state index contributed by atoms with van der Waals surface area (Å²) in [6, 6.07) is 7.50. The van der Waals surface area contributed by atoms with Crippen LogP contribution in [0, 0.1) is 0 Å². The Morgan fingerprint density at radius 3 is 2.87 bits per heavy atom. The smallest absolute Gasteiger partial charge is 0.283 e. The molecule has 5 rings (SSSR count). The van der Waals surface area contributed by atoms with Gasteiger partial charge in [0.1, 0.15) is 17.0 Å². The minimum atomic E-state index is -0.836. The number of carbonyl (C=O) groups is 1. The van der Waals surface area contributed by atoms with Crippen LogP contribution in [0.15, 0.2) is 57.1 Å². The van der Waals surface area contributed by atoms with Crippen molar-refractivity contribution in [2.24, 2.45) is 10.7 Å². The van der Waals surface area contributed by atoms with Crippen molar-refractivity contribution in [2.45, 2.75) is 18.4 Å². The third kappa shape index (κ3) is 3.38. The second-order valence-corrected chi connectivity index (χ2v) is 8.16. The molecule has 0 aliphatic carbocycles. The maximum absolute atomic E-state index is 12.7. The van der Waals surface area contributed by atoms with E-state index >= 15 is 0 Å². The van der Waals surface area contributed by atoms with E-state index in [0.29, 0.717) is 24.7 Å². The number of hydrogen-bond acceptors (Lipinski definition) is 8. The molecule has 2 aliphatic rings. The minimum Gasteiger partial charge on any atom is -0.465 e. The number of amidine groups is 1. The fourth-order valence-corrected chi connectivity index (χ4v) is 4.22. The maximum atomic E-state index is 12.7. The number of carbonyl (C=O) groups excluding carboxylic acids is 1. The molecule has 0 amide bonds. The number of aliphatic imine (C=N–C) groups is 1. The molecule has 1 atom stereocenters. The first kappa shape index (κ1) is 19.4. The molecular weight excluding hydrogens is 466 g/mol. The minimum absolute atomic E-state index is 0.0870. The lowest BCUT2D eigenvalue weighted by atomic mass is 9.78. The van der Waals surface area contributed by atoms with Crippen LogP contribution in [0.4, 0.5) is 0 Å². The monoisotopic (exact) mass is 481 g/mol. The number of fused-ring (bicyclic) bond motifs is 4. The number of H-pyrrole nitrogens is 1. The predicted octanol–water partition coefficient (Wildman–Crippen LogP) is 2.44. The van der Waals surface area contributed by atoms with E-state index in [1.807, 2.05) is 18.2 Å². The Morgan fingerprint density at radius 2 is 2.10 bits per heavy atom. The average Bonchev–Trinajstić information content (AvgIpc) is 2.75. The van der Waals surface area contributed by atoms with Gasteiger partial charge in [-0.2, -0.15) is 0 Å². The molecule has 10 heteroatoms. The second-order valence-electron chi connectivity index (χ2n) is 7.24. The first-order valence-electron chi connectivity index (χ1n) is 9.48. The summed E-state index contributed by atoms with van der Waals surface area (Å²) in [5.41, 5.74) is 7.26. The number of nitrogens with zero attached hydrogens (tertiary/aromatic N) is 3. The standard InChI is InChI=1S/C21H16BrN5O4/c22-12-7-14-19(26-8-12)31-17-2-1-11(6-16(28)15-9-25-18(29)10-24-15)5-13(17)21(14)3-4-30-20(23)27-21/h1-2,5,7-10H,3-4,6H2,(H2,23,27)(H,25,29)/t21-/m0/s1. The molecule has 9 nitrogen and oxygen atoms in total. The van der Waals surface area contributed by atoms with Gasteiger partial charge in [0, 0.05) is 40.8 Å². The van der Waals surface area contributed by atoms with Gasteiger partial charge in [0.15, 0.2) is 5.78 Å². The Labute approximate surface area is 184 Å². The predicted molar refractivity (Wildman–Crippen MR) is 114 cm³/mol. The molecule has 3 N–H and O–H groups in total. The van der Waals surface area contributed by atoms with E-state index in [4.69, 9.17) is 15.2 Å². The Hall–Kier alpha value is -3.53. The molecule has 2 aromatic heterocycles. The van der Waals surface area contributed by atoms with Gasteiger partial charge in [-0.05, 0) is 39.7 Å². The zero-order valence-electron chi connectivity index (χ0n) is 16.1. The van der Waals surface area contributed by atoms with Crippen LogP contribution < -0.4 is 16.0 Å². The number of ketones is 1. The van der Waals surface area contributed by atoms with Gasteiger partial charge in [0.25, 0.3) is 11.6 Å². The zero-order valence-corrected chi connectivity index (χ0v) is 17.7. The van der Waals surface area contributed by atoms with Gasteiger partial charge < -0.3 is 20.2 Å². The van der Waals surface area contributed by atoms with Crippen LogP contribution in [0.2, 0.25) is 0 Å². The van der Waals surface area contributed by atoms with Gasteiger partial charge in [-0.25, -0.2) is 15.0 Å². The van der Waals surface area contributed by atoms with E-state index < -0.39 is 5.54 Å². The molecule has 1 aromatic carbocycles. The Kier molecular flexibility index (Phi) is 4.58. The molecule has 156 valence electrons. The number of benzene rings is 1. The van der Waals surface area contributed by atoms with E-state index in [1.165, 1.54) is 6.20 Å². The van der Waals surface area contributed by atoms with E-state index in [-0.39, 0.29) is 29.5 Å². The van der Waals surface area contributed by atoms with Gasteiger partial charge in [-0.15, -0.1) is 0 Å². The number of nitrogens with two attached hydrogens (primary N) is 1. The summed E-state index contributed by atoms with van der Waals surface area (Å²) in [4.78, 5) is 39.3. The summed E-state index contributed by atoms with van der Waals surface area (Å²) in [6.45, 7) is 0.380. The number of aromatic amines is 1. The van der Waals surface area contributed by atoms with Crippen molar-refractivity contribution in [3.8, 4) is 11.6 Å². The van der Waals surface area contributed by atoms with Gasteiger partial charge in [-0.3, -0.25) is 9.59 Å². The summed E-state index contributed by atoms with van der Waals surface area (Å²) >= 11 is 3.47. The second kappa shape index (κ2) is 7.31. The van der Waals surface area contributed by atoms with Crippen LogP contribution >= 0.6 is 15.9 Å². The number of halogens is 1. The molecule has 1 spiro atoms. The molecule has 2 aliphatic heterocycles. The van der Waals surface area contributed by atoms with Gasteiger partial charge >= 0.3 is 0 Å². The summed E-state index contributed by atoms with van der Waals surface area (Å²) in [7, 11) is 0. The number of pyridine rings is 1. The third-order valence-electron chi connectivity index (χ3n) is 5.30. The number of ether oxygens (including phenoxy) is 2. The van der Waals surface area contributed by atoms with Crippen molar-refractivity contribution < 1.29 is 14.3 Å². The number of rotatable bonds is 3. The highest BCUT2D eigenvalue weighted by Crippen LogP contribution is 2.51. The molecule has 31 heavy (non-hydrogen) atoms. The third-order valence-corrected chi connectivity index (χ3v) is 5.73. The van der Waals surface area contributed by atoms with Crippen LogP contribution in [0.5, 0.6) is 11.6 Å². The van der Waals surface area contributed by atoms with Crippen molar-refractivity contribution in [1.29, 1.82) is 0 Å². The molecule has 4 heterocycles. The summed E-state index contributed by atoms with van der Waals surface area (Å²) in [5, 5.41) is 0. The van der Waals surface area contributed by atoms with Gasteiger partial charge in [0.2, 0.25) is 5.88 Å². The maximum Gasteiger partial charge on any atom is 0.283 e. The molecular formula is C21H16BrN5O4. The van der Waals surface area contributed by atoms with Gasteiger partial charge in [-0.1, -0.05) is 6.07 Å².